The van der Waals surface area contributed by atoms with E-state index in [1.54, 1.807) is 23.1 Å². The maximum absolute atomic E-state index is 14.1. The van der Waals surface area contributed by atoms with Crippen LogP contribution in [-0.2, 0) is 16.0 Å². The zero-order chi connectivity index (χ0) is 20.7. The zero-order valence-corrected chi connectivity index (χ0v) is 17.0. The van der Waals surface area contributed by atoms with Gasteiger partial charge in [-0.05, 0) is 51.2 Å². The van der Waals surface area contributed by atoms with E-state index in [2.05, 4.69) is 5.32 Å². The van der Waals surface area contributed by atoms with Gasteiger partial charge in [-0.25, -0.2) is 9.18 Å². The maximum atomic E-state index is 14.1. The van der Waals surface area contributed by atoms with Crippen LogP contribution in [0.15, 0.2) is 24.3 Å². The summed E-state index contributed by atoms with van der Waals surface area (Å²) in [4.78, 5) is 26.9. The summed E-state index contributed by atoms with van der Waals surface area (Å²) in [6.45, 7) is 6.65. The van der Waals surface area contributed by atoms with Crippen molar-refractivity contribution in [2.75, 3.05) is 13.1 Å². The van der Waals surface area contributed by atoms with Gasteiger partial charge >= 0.3 is 6.09 Å². The third-order valence-electron chi connectivity index (χ3n) is 5.36. The van der Waals surface area contributed by atoms with E-state index in [4.69, 9.17) is 10.5 Å². The number of ether oxygens (including phenoxy) is 1. The fourth-order valence-electron chi connectivity index (χ4n) is 3.36. The molecule has 1 aromatic rings. The molecule has 6 nitrogen and oxygen atoms in total. The van der Waals surface area contributed by atoms with Crippen molar-refractivity contribution >= 4 is 12.0 Å². The van der Waals surface area contributed by atoms with Crippen molar-refractivity contribution in [3.63, 3.8) is 0 Å². The summed E-state index contributed by atoms with van der Waals surface area (Å²) in [5.74, 6) is -0.436. The SMILES string of the molecule is CCC(C)(C)OC(=O)NC(CC(=O)N1CCC[C@H]1CN)Cc1ccccc1F. The number of amides is 2. The molecule has 3 N–H and O–H groups in total. The lowest BCUT2D eigenvalue weighted by Gasteiger charge is -2.28. The van der Waals surface area contributed by atoms with Crippen LogP contribution in [-0.4, -0.2) is 47.7 Å². The van der Waals surface area contributed by atoms with E-state index in [0.29, 0.717) is 25.1 Å². The van der Waals surface area contributed by atoms with Crippen molar-refractivity contribution in [3.05, 3.63) is 35.6 Å². The number of carbonyl (C=O) groups excluding carboxylic acids is 2. The molecule has 2 rings (SSSR count). The normalized spacial score (nSPS) is 18.0. The van der Waals surface area contributed by atoms with Crippen LogP contribution in [0.5, 0.6) is 0 Å². The molecule has 1 fully saturated rings. The number of halogens is 1. The lowest BCUT2D eigenvalue weighted by molar-refractivity contribution is -0.132. The highest BCUT2D eigenvalue weighted by atomic mass is 19.1. The number of nitrogens with two attached hydrogens (primary N) is 1. The number of likely N-dealkylation sites (tertiary alicyclic amines) is 1. The average Bonchev–Trinajstić information content (AvgIpc) is 3.12. The molecule has 1 aliphatic heterocycles. The number of hydrogen-bond acceptors (Lipinski definition) is 4. The predicted molar refractivity (Wildman–Crippen MR) is 106 cm³/mol. The second kappa shape index (κ2) is 9.87. The van der Waals surface area contributed by atoms with E-state index in [-0.39, 0.29) is 30.6 Å². The highest BCUT2D eigenvalue weighted by Gasteiger charge is 2.30. The summed E-state index contributed by atoms with van der Waals surface area (Å²) in [6, 6.07) is 5.85. The summed E-state index contributed by atoms with van der Waals surface area (Å²) in [6.07, 6.45) is 2.15. The zero-order valence-electron chi connectivity index (χ0n) is 17.0. The summed E-state index contributed by atoms with van der Waals surface area (Å²) in [5, 5.41) is 2.76. The van der Waals surface area contributed by atoms with E-state index in [9.17, 15) is 14.0 Å². The minimum Gasteiger partial charge on any atom is -0.444 e. The lowest BCUT2D eigenvalue weighted by Crippen LogP contribution is -2.46. The van der Waals surface area contributed by atoms with Crippen molar-refractivity contribution in [3.8, 4) is 0 Å². The number of hydrogen-bond donors (Lipinski definition) is 2. The topological polar surface area (TPSA) is 84.7 Å². The molecule has 0 aromatic heterocycles. The van der Waals surface area contributed by atoms with Gasteiger partial charge in [-0.15, -0.1) is 0 Å². The number of nitrogens with one attached hydrogen (secondary N) is 1. The molecule has 1 aromatic carbocycles. The first-order chi connectivity index (χ1) is 13.3. The third kappa shape index (κ3) is 6.19. The van der Waals surface area contributed by atoms with Gasteiger partial charge in [-0.1, -0.05) is 25.1 Å². The Kier molecular flexibility index (Phi) is 7.80. The quantitative estimate of drug-likeness (QED) is 0.711. The lowest BCUT2D eigenvalue weighted by atomic mass is 10.0. The fourth-order valence-corrected chi connectivity index (χ4v) is 3.36. The molecule has 7 heteroatoms. The van der Waals surface area contributed by atoms with Crippen LogP contribution in [0.3, 0.4) is 0 Å². The Bertz CT molecular complexity index is 681. The Hall–Kier alpha value is -2.15. The van der Waals surface area contributed by atoms with Crippen LogP contribution in [0.2, 0.25) is 0 Å². The minimum atomic E-state index is -0.615. The largest absolute Gasteiger partial charge is 0.444 e. The molecule has 156 valence electrons. The predicted octanol–water partition coefficient (Wildman–Crippen LogP) is 2.99. The summed E-state index contributed by atoms with van der Waals surface area (Å²) in [5.41, 5.74) is 5.60. The van der Waals surface area contributed by atoms with Crippen LogP contribution in [0, 0.1) is 5.82 Å². The first-order valence-corrected chi connectivity index (χ1v) is 9.98. The molecule has 28 heavy (non-hydrogen) atoms. The Morgan fingerprint density at radius 1 is 1.39 bits per heavy atom. The molecule has 0 spiro atoms. The second-order valence-electron chi connectivity index (χ2n) is 7.96. The Labute approximate surface area is 166 Å². The van der Waals surface area contributed by atoms with E-state index in [1.807, 2.05) is 20.8 Å². The number of benzene rings is 1. The summed E-state index contributed by atoms with van der Waals surface area (Å²) >= 11 is 0. The number of nitrogens with zero attached hydrogens (tertiary/aromatic N) is 1. The van der Waals surface area contributed by atoms with Gasteiger partial charge in [0.1, 0.15) is 11.4 Å². The van der Waals surface area contributed by atoms with Crippen LogP contribution in [0.1, 0.15) is 52.0 Å². The highest BCUT2D eigenvalue weighted by molar-refractivity contribution is 5.78. The average molecular weight is 394 g/mol. The molecule has 1 saturated heterocycles. The maximum Gasteiger partial charge on any atom is 0.407 e. The Morgan fingerprint density at radius 3 is 2.75 bits per heavy atom. The molecule has 1 unspecified atom stereocenters. The smallest absolute Gasteiger partial charge is 0.407 e. The Morgan fingerprint density at radius 2 is 2.11 bits per heavy atom. The van der Waals surface area contributed by atoms with Crippen molar-refractivity contribution in [1.82, 2.24) is 10.2 Å². The molecule has 0 aliphatic carbocycles. The number of carbonyl (C=O) groups is 2. The second-order valence-corrected chi connectivity index (χ2v) is 7.96. The van der Waals surface area contributed by atoms with E-state index >= 15 is 0 Å². The molecular weight excluding hydrogens is 361 g/mol. The molecule has 2 amide bonds. The standard InChI is InChI=1S/C21H32FN3O3/c1-4-21(2,3)28-20(27)24-16(12-15-8-5-6-10-18(15)22)13-19(26)25-11-7-9-17(25)14-23/h5-6,8,10,16-17H,4,7,9,11-14,23H2,1-3H3,(H,24,27)/t16?,17-/m0/s1. The Balaban J connectivity index is 2.10. The van der Waals surface area contributed by atoms with E-state index in [0.717, 1.165) is 12.8 Å². The fraction of sp³-hybridized carbons (Fsp3) is 0.619. The van der Waals surface area contributed by atoms with Crippen LogP contribution in [0.4, 0.5) is 9.18 Å². The van der Waals surface area contributed by atoms with Crippen LogP contribution in [0.25, 0.3) is 0 Å². The van der Waals surface area contributed by atoms with Gasteiger partial charge in [-0.3, -0.25) is 4.79 Å². The third-order valence-corrected chi connectivity index (χ3v) is 5.36. The van der Waals surface area contributed by atoms with Crippen molar-refractivity contribution in [2.24, 2.45) is 5.73 Å². The molecule has 1 heterocycles. The number of rotatable bonds is 8. The number of alkyl carbamates (subject to hydrolysis) is 1. The van der Waals surface area contributed by atoms with Crippen molar-refractivity contribution in [1.29, 1.82) is 0 Å². The van der Waals surface area contributed by atoms with Gasteiger partial charge < -0.3 is 20.7 Å². The van der Waals surface area contributed by atoms with Crippen molar-refractivity contribution in [2.45, 2.75) is 70.6 Å². The van der Waals surface area contributed by atoms with Gasteiger partial charge in [0.15, 0.2) is 0 Å². The van der Waals surface area contributed by atoms with Crippen LogP contribution < -0.4 is 11.1 Å². The monoisotopic (exact) mass is 393 g/mol. The van der Waals surface area contributed by atoms with Gasteiger partial charge in [-0.2, -0.15) is 0 Å². The first kappa shape index (κ1) is 22.1. The van der Waals surface area contributed by atoms with Gasteiger partial charge in [0, 0.05) is 31.6 Å². The molecule has 0 radical (unpaired) electrons. The van der Waals surface area contributed by atoms with E-state index < -0.39 is 17.7 Å². The first-order valence-electron chi connectivity index (χ1n) is 9.98. The molecule has 0 saturated carbocycles. The van der Waals surface area contributed by atoms with Gasteiger partial charge in [0.25, 0.3) is 0 Å². The minimum absolute atomic E-state index is 0.0348. The molecule has 1 aliphatic rings. The summed E-state index contributed by atoms with van der Waals surface area (Å²) < 4.78 is 19.6. The molecular formula is C21H32FN3O3. The molecule has 0 bridgehead atoms. The summed E-state index contributed by atoms with van der Waals surface area (Å²) in [7, 11) is 0. The van der Waals surface area contributed by atoms with E-state index in [1.165, 1.54) is 6.07 Å². The van der Waals surface area contributed by atoms with Crippen molar-refractivity contribution < 1.29 is 18.7 Å². The van der Waals surface area contributed by atoms with Gasteiger partial charge in [0.2, 0.25) is 5.91 Å². The highest BCUT2D eigenvalue weighted by Crippen LogP contribution is 2.20. The molecule has 2 atom stereocenters. The van der Waals surface area contributed by atoms with Gasteiger partial charge in [0.05, 0.1) is 0 Å². The van der Waals surface area contributed by atoms with Crippen LogP contribution >= 0.6 is 0 Å².